The Labute approximate surface area is 48.1 Å². The normalized spacial score (nSPS) is 8.38. The van der Waals surface area contributed by atoms with E-state index in [9.17, 15) is 0 Å². The SMILES string of the molecule is Nc1cc([N+]#P)[nH]n1. The van der Waals surface area contributed by atoms with Crippen LogP contribution in [-0.2, 0) is 0 Å². The van der Waals surface area contributed by atoms with Crippen molar-refractivity contribution in [2.75, 3.05) is 5.73 Å². The fourth-order valence-corrected chi connectivity index (χ4v) is 0.480. The Bertz CT molecular complexity index is 221. The Balaban J connectivity index is 3.05. The molecular formula is C3H4N4P+. The summed E-state index contributed by atoms with van der Waals surface area (Å²) in [7, 11) is 3.62. The van der Waals surface area contributed by atoms with E-state index in [0.717, 1.165) is 0 Å². The van der Waals surface area contributed by atoms with Gasteiger partial charge in [0.15, 0.2) is 0 Å². The second-order valence-electron chi connectivity index (χ2n) is 1.28. The number of nitrogens with one attached hydrogen (secondary N) is 1. The molecular weight excluding hydrogens is 123 g/mol. The Kier molecular flexibility index (Phi) is 1.29. The van der Waals surface area contributed by atoms with Crippen LogP contribution in [0.1, 0.15) is 0 Å². The summed E-state index contributed by atoms with van der Waals surface area (Å²) in [5.74, 6) is 1.00. The third kappa shape index (κ3) is 0.861. The molecule has 0 fully saturated rings. The Morgan fingerprint density at radius 3 is 2.88 bits per heavy atom. The van der Waals surface area contributed by atoms with Crippen molar-refractivity contribution in [2.45, 2.75) is 0 Å². The molecule has 0 atom stereocenters. The van der Waals surface area contributed by atoms with Crippen molar-refractivity contribution < 1.29 is 0 Å². The average molecular weight is 127 g/mol. The van der Waals surface area contributed by atoms with Gasteiger partial charge in [0.05, 0.1) is 0 Å². The topological polar surface area (TPSA) is 59.1 Å². The number of aromatic nitrogens is 2. The molecule has 0 unspecified atom stereocenters. The molecule has 1 aromatic rings. The fourth-order valence-electron chi connectivity index (χ4n) is 0.378. The van der Waals surface area contributed by atoms with E-state index in [1.807, 2.05) is 0 Å². The summed E-state index contributed by atoms with van der Waals surface area (Å²) in [4.78, 5) is 0. The van der Waals surface area contributed by atoms with Crippen molar-refractivity contribution in [3.63, 3.8) is 0 Å². The van der Waals surface area contributed by atoms with Crippen LogP contribution in [0.2, 0.25) is 0 Å². The maximum absolute atomic E-state index is 5.22. The van der Waals surface area contributed by atoms with Crippen molar-refractivity contribution in [2.24, 2.45) is 0 Å². The molecule has 5 heteroatoms. The number of nitrogens with two attached hydrogens (primary N) is 1. The van der Waals surface area contributed by atoms with E-state index in [0.29, 0.717) is 11.6 Å². The van der Waals surface area contributed by atoms with Crippen LogP contribution in [0.3, 0.4) is 0 Å². The van der Waals surface area contributed by atoms with E-state index in [2.05, 4.69) is 23.7 Å². The molecule has 40 valence electrons. The summed E-state index contributed by atoms with van der Waals surface area (Å²) in [5.41, 5.74) is 5.22. The minimum absolute atomic E-state index is 0.429. The van der Waals surface area contributed by atoms with Crippen LogP contribution in [-0.4, -0.2) is 10.2 Å². The van der Waals surface area contributed by atoms with Crippen molar-refractivity contribution in [3.8, 4) is 0 Å². The van der Waals surface area contributed by atoms with Crippen molar-refractivity contribution >= 4 is 20.5 Å². The van der Waals surface area contributed by atoms with E-state index in [1.165, 1.54) is 0 Å². The van der Waals surface area contributed by atoms with Gasteiger partial charge in [-0.05, 0) is 0 Å². The number of nitrogens with zero attached hydrogens (tertiary/aromatic N) is 2. The molecule has 1 aromatic heterocycles. The van der Waals surface area contributed by atoms with Crippen LogP contribution in [0.5, 0.6) is 0 Å². The van der Waals surface area contributed by atoms with Crippen LogP contribution < -0.4 is 5.73 Å². The van der Waals surface area contributed by atoms with Crippen molar-refractivity contribution in [1.82, 2.24) is 10.2 Å². The van der Waals surface area contributed by atoms with Crippen molar-refractivity contribution in [3.05, 3.63) is 10.7 Å². The molecule has 1 heterocycles. The van der Waals surface area contributed by atoms with E-state index in [4.69, 9.17) is 5.73 Å². The molecule has 0 aliphatic carbocycles. The quantitative estimate of drug-likeness (QED) is 0.516. The standard InChI is InChI=1S/C3H4N4P/c4-2-1-3(7-8)6-5-2/h1H,(H3,4,5,6)/q+1. The number of aromatic amines is 1. The fraction of sp³-hybridized carbons (Fsp3) is 0. The number of anilines is 1. The summed E-state index contributed by atoms with van der Waals surface area (Å²) in [6, 6.07) is 1.59. The first-order valence-electron chi connectivity index (χ1n) is 1.99. The van der Waals surface area contributed by atoms with E-state index in [1.54, 1.807) is 6.07 Å². The van der Waals surface area contributed by atoms with Crippen LogP contribution in [0, 0.1) is 0 Å². The first kappa shape index (κ1) is 5.29. The summed E-state index contributed by atoms with van der Waals surface area (Å²) in [6.07, 6.45) is 0. The molecule has 1 rings (SSSR count). The van der Waals surface area contributed by atoms with Gasteiger partial charge in [0.25, 0.3) is 0 Å². The third-order valence-corrected chi connectivity index (χ3v) is 0.907. The molecule has 0 radical (unpaired) electrons. The van der Waals surface area contributed by atoms with Gasteiger partial charge in [-0.25, -0.2) is 0 Å². The first-order valence-corrected chi connectivity index (χ1v) is 2.39. The van der Waals surface area contributed by atoms with E-state index < -0.39 is 0 Å². The predicted molar refractivity (Wildman–Crippen MR) is 32.9 cm³/mol. The summed E-state index contributed by atoms with van der Waals surface area (Å²) in [6.45, 7) is 0. The maximum atomic E-state index is 5.22. The van der Waals surface area contributed by atoms with Crippen LogP contribution in [0.15, 0.2) is 6.07 Å². The third-order valence-electron chi connectivity index (χ3n) is 0.692. The van der Waals surface area contributed by atoms with Gasteiger partial charge in [-0.1, -0.05) is 0 Å². The second kappa shape index (κ2) is 1.95. The van der Waals surface area contributed by atoms with Gasteiger partial charge in [-0.15, -0.1) is 0 Å². The number of nitrogen functional groups attached to an aromatic ring is 1. The van der Waals surface area contributed by atoms with Gasteiger partial charge >= 0.3 is 47.1 Å². The van der Waals surface area contributed by atoms with E-state index >= 15 is 0 Å². The zero-order chi connectivity index (χ0) is 5.98. The Hall–Kier alpha value is -0.850. The summed E-state index contributed by atoms with van der Waals surface area (Å²) >= 11 is 0. The molecule has 0 bridgehead atoms. The Morgan fingerprint density at radius 2 is 2.62 bits per heavy atom. The van der Waals surface area contributed by atoms with Crippen LogP contribution >= 0.6 is 8.88 Å². The van der Waals surface area contributed by atoms with Gasteiger partial charge in [-0.2, -0.15) is 0 Å². The molecule has 0 aliphatic rings. The molecule has 3 N–H and O–H groups in total. The predicted octanol–water partition coefficient (Wildman–Crippen LogP) is 1.32. The molecule has 0 spiro atoms. The number of hydrogen-bond acceptors (Lipinski definition) is 2. The molecule has 4 nitrogen and oxygen atoms in total. The zero-order valence-electron chi connectivity index (χ0n) is 4.00. The monoisotopic (exact) mass is 127 g/mol. The van der Waals surface area contributed by atoms with Gasteiger partial charge in [0.1, 0.15) is 0 Å². The molecule has 0 amide bonds. The second-order valence-corrected chi connectivity index (χ2v) is 1.48. The van der Waals surface area contributed by atoms with Gasteiger partial charge in [0.2, 0.25) is 0 Å². The van der Waals surface area contributed by atoms with Crippen molar-refractivity contribution in [1.29, 1.82) is 0 Å². The molecule has 8 heavy (non-hydrogen) atoms. The average Bonchev–Trinajstić information content (AvgIpc) is 2.14. The zero-order valence-corrected chi connectivity index (χ0v) is 4.89. The summed E-state index contributed by atoms with van der Waals surface area (Å²) < 4.78 is 3.49. The minimum atomic E-state index is 0.429. The number of hydrogen-bond donors (Lipinski definition) is 2. The first-order chi connectivity index (χ1) is 3.83. The molecule has 0 aromatic carbocycles. The molecule has 0 aliphatic heterocycles. The van der Waals surface area contributed by atoms with Crippen LogP contribution in [0.25, 0.3) is 4.59 Å². The number of rotatable bonds is 0. The van der Waals surface area contributed by atoms with Gasteiger partial charge in [-0.3, -0.25) is 0 Å². The van der Waals surface area contributed by atoms with Crippen LogP contribution in [0.4, 0.5) is 11.6 Å². The van der Waals surface area contributed by atoms with E-state index in [-0.39, 0.29) is 0 Å². The number of H-pyrrole nitrogens is 1. The van der Waals surface area contributed by atoms with Gasteiger partial charge in [0, 0.05) is 0 Å². The summed E-state index contributed by atoms with van der Waals surface area (Å²) in [5, 5.41) is 6.13. The molecule has 0 saturated carbocycles. The van der Waals surface area contributed by atoms with Gasteiger partial charge < -0.3 is 0 Å². The Morgan fingerprint density at radius 1 is 1.88 bits per heavy atom. The molecule has 0 saturated heterocycles.